The van der Waals surface area contributed by atoms with Crippen molar-refractivity contribution in [2.24, 2.45) is 5.92 Å². The number of aliphatic hydroxyl groups excluding tert-OH is 1. The smallest absolute Gasteiger partial charge is 0.133 e. The first-order chi connectivity index (χ1) is 7.15. The lowest BCUT2D eigenvalue weighted by Gasteiger charge is -2.12. The van der Waals surface area contributed by atoms with Gasteiger partial charge in [-0.2, -0.15) is 0 Å². The fraction of sp³-hybridized carbons (Fsp3) is 0.455. The van der Waals surface area contributed by atoms with Gasteiger partial charge < -0.3 is 5.11 Å². The van der Waals surface area contributed by atoms with Crippen molar-refractivity contribution in [3.8, 4) is 0 Å². The number of rotatable bonds is 5. The lowest BCUT2D eigenvalue weighted by atomic mass is 9.94. The van der Waals surface area contributed by atoms with Crippen molar-refractivity contribution in [3.05, 3.63) is 29.0 Å². The summed E-state index contributed by atoms with van der Waals surface area (Å²) < 4.78 is 0. The maximum absolute atomic E-state index is 11.3. The molecule has 1 N–H and O–H groups in total. The summed E-state index contributed by atoms with van der Waals surface area (Å²) in [6.45, 7) is 1.56. The van der Waals surface area contributed by atoms with E-state index in [2.05, 4.69) is 4.98 Å². The summed E-state index contributed by atoms with van der Waals surface area (Å²) >= 11 is 5.94. The number of carbonyl (C=O) groups excluding carboxylic acids is 1. The van der Waals surface area contributed by atoms with E-state index in [-0.39, 0.29) is 18.3 Å². The number of Topliss-reactive ketones (excluding diaryl/α,β-unsaturated/α-hetero) is 1. The van der Waals surface area contributed by atoms with E-state index in [1.165, 1.54) is 6.92 Å². The molecular formula is C11H14ClNO2. The minimum absolute atomic E-state index is 0.0208. The number of ketones is 1. The Kier molecular flexibility index (Phi) is 4.72. The average Bonchev–Trinajstić information content (AvgIpc) is 2.20. The van der Waals surface area contributed by atoms with Crippen LogP contribution in [0, 0.1) is 5.92 Å². The number of pyridine rings is 1. The number of aromatic nitrogens is 1. The van der Waals surface area contributed by atoms with Gasteiger partial charge in [0, 0.05) is 24.9 Å². The Morgan fingerprint density at radius 3 is 2.93 bits per heavy atom. The predicted octanol–water partition coefficient (Wildman–Crippen LogP) is 1.87. The largest absolute Gasteiger partial charge is 0.396 e. The second-order valence-corrected chi connectivity index (χ2v) is 3.90. The lowest BCUT2D eigenvalue weighted by molar-refractivity contribution is -0.121. The second-order valence-electron chi connectivity index (χ2n) is 3.49. The van der Waals surface area contributed by atoms with Crippen LogP contribution in [0.25, 0.3) is 0 Å². The molecule has 0 spiro atoms. The van der Waals surface area contributed by atoms with Crippen molar-refractivity contribution in [2.75, 3.05) is 6.61 Å². The molecule has 3 nitrogen and oxygen atoms in total. The topological polar surface area (TPSA) is 50.2 Å². The Labute approximate surface area is 94.1 Å². The Hall–Kier alpha value is -0.930. The van der Waals surface area contributed by atoms with Crippen LogP contribution in [0.5, 0.6) is 0 Å². The molecule has 15 heavy (non-hydrogen) atoms. The molecule has 0 radical (unpaired) electrons. The van der Waals surface area contributed by atoms with Gasteiger partial charge in [0.05, 0.1) is 5.02 Å². The summed E-state index contributed by atoms with van der Waals surface area (Å²) in [6, 6.07) is 1.80. The molecule has 1 heterocycles. The predicted molar refractivity (Wildman–Crippen MR) is 58.8 cm³/mol. The van der Waals surface area contributed by atoms with Gasteiger partial charge in [0.15, 0.2) is 0 Å². The Balaban J connectivity index is 2.74. The highest BCUT2D eigenvalue weighted by atomic mass is 35.5. The summed E-state index contributed by atoms with van der Waals surface area (Å²) in [7, 11) is 0. The van der Waals surface area contributed by atoms with Gasteiger partial charge in [-0.05, 0) is 31.4 Å². The average molecular weight is 228 g/mol. The fourth-order valence-corrected chi connectivity index (χ4v) is 1.64. The molecule has 4 heteroatoms. The second kappa shape index (κ2) is 5.83. The van der Waals surface area contributed by atoms with Crippen LogP contribution in [0.1, 0.15) is 18.9 Å². The van der Waals surface area contributed by atoms with E-state index >= 15 is 0 Å². The molecule has 1 unspecified atom stereocenters. The van der Waals surface area contributed by atoms with E-state index < -0.39 is 0 Å². The van der Waals surface area contributed by atoms with Gasteiger partial charge in [-0.1, -0.05) is 11.6 Å². The van der Waals surface area contributed by atoms with E-state index in [0.717, 1.165) is 5.56 Å². The number of aliphatic hydroxyl groups is 1. The van der Waals surface area contributed by atoms with Crippen LogP contribution in [0.4, 0.5) is 0 Å². The third-order valence-corrected chi connectivity index (χ3v) is 2.72. The number of hydrogen-bond donors (Lipinski definition) is 1. The van der Waals surface area contributed by atoms with Crippen LogP contribution in [0.2, 0.25) is 5.02 Å². The molecule has 0 aliphatic carbocycles. The van der Waals surface area contributed by atoms with Crippen molar-refractivity contribution in [1.29, 1.82) is 0 Å². The SMILES string of the molecule is CC(=O)C(CCO)Cc1ccncc1Cl. The molecule has 1 aromatic heterocycles. The molecule has 1 aromatic rings. The molecule has 0 aliphatic heterocycles. The molecule has 0 amide bonds. The van der Waals surface area contributed by atoms with Gasteiger partial charge >= 0.3 is 0 Å². The number of hydrogen-bond acceptors (Lipinski definition) is 3. The number of carbonyl (C=O) groups is 1. The Morgan fingerprint density at radius 2 is 2.40 bits per heavy atom. The van der Waals surface area contributed by atoms with Crippen LogP contribution in [0.3, 0.4) is 0 Å². The monoisotopic (exact) mass is 227 g/mol. The number of nitrogens with zero attached hydrogens (tertiary/aromatic N) is 1. The van der Waals surface area contributed by atoms with Gasteiger partial charge in [-0.25, -0.2) is 0 Å². The van der Waals surface area contributed by atoms with Gasteiger partial charge in [0.1, 0.15) is 5.78 Å². The third-order valence-electron chi connectivity index (χ3n) is 2.38. The van der Waals surface area contributed by atoms with Crippen LogP contribution < -0.4 is 0 Å². The highest BCUT2D eigenvalue weighted by Gasteiger charge is 2.15. The van der Waals surface area contributed by atoms with E-state index in [4.69, 9.17) is 16.7 Å². The molecule has 0 fully saturated rings. The quantitative estimate of drug-likeness (QED) is 0.836. The molecule has 0 bridgehead atoms. The maximum atomic E-state index is 11.3. The zero-order valence-electron chi connectivity index (χ0n) is 8.61. The minimum Gasteiger partial charge on any atom is -0.396 e. The molecule has 1 atom stereocenters. The normalized spacial score (nSPS) is 12.5. The summed E-state index contributed by atoms with van der Waals surface area (Å²) in [5.74, 6) is -0.0770. The maximum Gasteiger partial charge on any atom is 0.133 e. The molecule has 82 valence electrons. The van der Waals surface area contributed by atoms with Crippen molar-refractivity contribution in [2.45, 2.75) is 19.8 Å². The zero-order valence-corrected chi connectivity index (χ0v) is 9.37. The highest BCUT2D eigenvalue weighted by molar-refractivity contribution is 6.31. The summed E-state index contributed by atoms with van der Waals surface area (Å²) in [6.07, 6.45) is 4.26. The van der Waals surface area contributed by atoms with Crippen molar-refractivity contribution >= 4 is 17.4 Å². The first-order valence-electron chi connectivity index (χ1n) is 4.85. The molecule has 0 aromatic carbocycles. The highest BCUT2D eigenvalue weighted by Crippen LogP contribution is 2.19. The summed E-state index contributed by atoms with van der Waals surface area (Å²) in [5.41, 5.74) is 0.903. The first-order valence-corrected chi connectivity index (χ1v) is 5.22. The fourth-order valence-electron chi connectivity index (χ4n) is 1.44. The van der Waals surface area contributed by atoms with Gasteiger partial charge in [0.2, 0.25) is 0 Å². The lowest BCUT2D eigenvalue weighted by Crippen LogP contribution is -2.15. The van der Waals surface area contributed by atoms with Crippen LogP contribution >= 0.6 is 11.6 Å². The molecular weight excluding hydrogens is 214 g/mol. The van der Waals surface area contributed by atoms with E-state index in [0.29, 0.717) is 17.9 Å². The van der Waals surface area contributed by atoms with Gasteiger partial charge in [-0.3, -0.25) is 9.78 Å². The van der Waals surface area contributed by atoms with Gasteiger partial charge in [0.25, 0.3) is 0 Å². The molecule has 0 aliphatic rings. The molecule has 1 rings (SSSR count). The standard InChI is InChI=1S/C11H14ClNO2/c1-8(15)9(3-5-14)6-10-2-4-13-7-11(10)12/h2,4,7,9,14H,3,5-6H2,1H3. The first kappa shape index (κ1) is 12.1. The minimum atomic E-state index is -0.157. The third kappa shape index (κ3) is 3.61. The van der Waals surface area contributed by atoms with Crippen LogP contribution in [-0.4, -0.2) is 22.5 Å². The molecule has 0 saturated carbocycles. The summed E-state index contributed by atoms with van der Waals surface area (Å²) in [4.78, 5) is 15.2. The zero-order chi connectivity index (χ0) is 11.3. The number of halogens is 1. The van der Waals surface area contributed by atoms with Crippen molar-refractivity contribution < 1.29 is 9.90 Å². The van der Waals surface area contributed by atoms with Crippen LogP contribution in [0.15, 0.2) is 18.5 Å². The Morgan fingerprint density at radius 1 is 1.67 bits per heavy atom. The van der Waals surface area contributed by atoms with E-state index in [1.54, 1.807) is 18.5 Å². The van der Waals surface area contributed by atoms with Crippen molar-refractivity contribution in [3.63, 3.8) is 0 Å². The van der Waals surface area contributed by atoms with Gasteiger partial charge in [-0.15, -0.1) is 0 Å². The van der Waals surface area contributed by atoms with E-state index in [1.807, 2.05) is 0 Å². The molecule has 0 saturated heterocycles. The van der Waals surface area contributed by atoms with E-state index in [9.17, 15) is 4.79 Å². The van der Waals surface area contributed by atoms with Crippen LogP contribution in [-0.2, 0) is 11.2 Å². The van der Waals surface area contributed by atoms with Crippen molar-refractivity contribution in [1.82, 2.24) is 4.98 Å². The Bertz CT molecular complexity index is 341. The summed E-state index contributed by atoms with van der Waals surface area (Å²) in [5, 5.41) is 9.41.